The second-order valence-corrected chi connectivity index (χ2v) is 8.26. The zero-order valence-corrected chi connectivity index (χ0v) is 20.6. The number of fused-ring (bicyclic) bond motifs is 1. The predicted octanol–water partition coefficient (Wildman–Crippen LogP) is 2.59. The summed E-state index contributed by atoms with van der Waals surface area (Å²) in [7, 11) is 3.18. The van der Waals surface area contributed by atoms with Gasteiger partial charge in [-0.25, -0.2) is 9.97 Å². The molecular formula is C26H31N7O3. The number of nitrogens with two attached hydrogens (primary N) is 1. The Morgan fingerprint density at radius 3 is 2.58 bits per heavy atom. The molecule has 4 rings (SSSR count). The maximum Gasteiger partial charge on any atom is 0.242 e. The smallest absolute Gasteiger partial charge is 0.242 e. The zero-order valence-electron chi connectivity index (χ0n) is 20.6. The van der Waals surface area contributed by atoms with E-state index in [1.54, 1.807) is 20.3 Å². The molecule has 0 saturated carbocycles. The van der Waals surface area contributed by atoms with Crippen molar-refractivity contribution in [1.82, 2.24) is 24.8 Å². The number of nitrogen functional groups attached to an aromatic ring is 1. The molecule has 0 unspecified atom stereocenters. The lowest BCUT2D eigenvalue weighted by molar-refractivity contribution is -0.130. The summed E-state index contributed by atoms with van der Waals surface area (Å²) in [6.45, 7) is 7.63. The summed E-state index contributed by atoms with van der Waals surface area (Å²) in [5, 5.41) is 3.13. The Hall–Kier alpha value is -4.18. The third-order valence-corrected chi connectivity index (χ3v) is 6.01. The molecule has 3 aromatic rings. The van der Waals surface area contributed by atoms with E-state index >= 15 is 0 Å². The molecule has 0 aliphatic carbocycles. The second kappa shape index (κ2) is 11.5. The molecule has 0 radical (unpaired) electrons. The first-order valence-corrected chi connectivity index (χ1v) is 11.7. The van der Waals surface area contributed by atoms with Gasteiger partial charge in [-0.15, -0.1) is 0 Å². The fraction of sp³-hybridized carbons (Fsp3) is 0.308. The van der Waals surface area contributed by atoms with E-state index in [9.17, 15) is 4.79 Å². The van der Waals surface area contributed by atoms with E-state index in [1.165, 1.54) is 0 Å². The van der Waals surface area contributed by atoms with E-state index < -0.39 is 0 Å². The number of nitrogens with one attached hydrogen (secondary N) is 1. The monoisotopic (exact) mass is 489 g/mol. The van der Waals surface area contributed by atoms with Gasteiger partial charge in [0.05, 0.1) is 32.0 Å². The van der Waals surface area contributed by atoms with E-state index in [-0.39, 0.29) is 18.4 Å². The summed E-state index contributed by atoms with van der Waals surface area (Å²) in [5.74, 6) is 1.76. The van der Waals surface area contributed by atoms with Crippen LogP contribution in [0.4, 0.5) is 11.8 Å². The van der Waals surface area contributed by atoms with Crippen molar-refractivity contribution in [3.05, 3.63) is 55.1 Å². The van der Waals surface area contributed by atoms with Crippen LogP contribution in [0.2, 0.25) is 0 Å². The highest BCUT2D eigenvalue weighted by Gasteiger charge is 2.21. The number of anilines is 2. The molecule has 1 saturated heterocycles. The third kappa shape index (κ3) is 5.72. The van der Waals surface area contributed by atoms with Gasteiger partial charge in [-0.3, -0.25) is 9.69 Å². The lowest BCUT2D eigenvalue weighted by Crippen LogP contribution is -2.50. The van der Waals surface area contributed by atoms with Gasteiger partial charge in [-0.1, -0.05) is 24.8 Å². The summed E-state index contributed by atoms with van der Waals surface area (Å²) in [4.78, 5) is 30.4. The highest BCUT2D eigenvalue weighted by molar-refractivity contribution is 5.90. The number of benzene rings is 1. The first kappa shape index (κ1) is 24.9. The molecule has 10 nitrogen and oxygen atoms in total. The maximum atomic E-state index is 12.9. The van der Waals surface area contributed by atoms with E-state index in [0.29, 0.717) is 47.1 Å². The number of pyridine rings is 1. The Kier molecular flexibility index (Phi) is 7.96. The fourth-order valence-corrected chi connectivity index (χ4v) is 4.07. The Morgan fingerprint density at radius 2 is 1.86 bits per heavy atom. The van der Waals surface area contributed by atoms with Crippen LogP contribution in [-0.2, 0) is 4.79 Å². The largest absolute Gasteiger partial charge is 0.493 e. The van der Waals surface area contributed by atoms with Gasteiger partial charge in [-0.05, 0) is 30.3 Å². The van der Waals surface area contributed by atoms with Crippen molar-refractivity contribution in [2.75, 3.05) is 64.5 Å². The van der Waals surface area contributed by atoms with Crippen LogP contribution in [0.1, 0.15) is 0 Å². The molecule has 1 aliphatic rings. The number of hydrogen-bond donors (Lipinski definition) is 2. The van der Waals surface area contributed by atoms with Gasteiger partial charge in [0, 0.05) is 38.3 Å². The van der Waals surface area contributed by atoms with E-state index in [2.05, 4.69) is 32.8 Å². The Morgan fingerprint density at radius 1 is 1.08 bits per heavy atom. The van der Waals surface area contributed by atoms with Crippen molar-refractivity contribution in [1.29, 1.82) is 0 Å². The standard InChI is InChI=1S/C26H31N7O3/c1-4-5-6-11-32-12-14-33(15-13-32)23(34)17-28-25-24-20(30-26(27)31-25)9-8-19(29-24)18-7-10-21(35-2)22(16-18)36-3/h4-10,16H,1,11-15,17H2,2-3H3,(H3,27,28,30,31)/b6-5+. The normalized spacial score (nSPS) is 14.2. The van der Waals surface area contributed by atoms with Crippen LogP contribution in [0.25, 0.3) is 22.3 Å². The number of allylic oxidation sites excluding steroid dienone is 2. The molecule has 1 fully saturated rings. The Bertz CT molecular complexity index is 1270. The molecule has 1 amide bonds. The van der Waals surface area contributed by atoms with Crippen LogP contribution in [0, 0.1) is 0 Å². The molecule has 0 atom stereocenters. The minimum atomic E-state index is -0.00216. The number of ether oxygens (including phenoxy) is 2. The topological polar surface area (TPSA) is 119 Å². The van der Waals surface area contributed by atoms with E-state index in [1.807, 2.05) is 41.3 Å². The molecule has 10 heteroatoms. The number of carbonyl (C=O) groups is 1. The number of methoxy groups -OCH3 is 2. The van der Waals surface area contributed by atoms with Crippen LogP contribution >= 0.6 is 0 Å². The van der Waals surface area contributed by atoms with Gasteiger partial charge in [0.25, 0.3) is 0 Å². The second-order valence-electron chi connectivity index (χ2n) is 8.26. The number of nitrogens with zero attached hydrogens (tertiary/aromatic N) is 5. The Labute approximate surface area is 210 Å². The summed E-state index contributed by atoms with van der Waals surface area (Å²) in [6.07, 6.45) is 5.77. The fourth-order valence-electron chi connectivity index (χ4n) is 4.07. The molecule has 2 aromatic heterocycles. The molecule has 36 heavy (non-hydrogen) atoms. The molecule has 3 N–H and O–H groups in total. The summed E-state index contributed by atoms with van der Waals surface area (Å²) in [5.41, 5.74) is 8.59. The van der Waals surface area contributed by atoms with Crippen molar-refractivity contribution >= 4 is 28.7 Å². The molecule has 188 valence electrons. The van der Waals surface area contributed by atoms with Gasteiger partial charge in [0.1, 0.15) is 5.52 Å². The van der Waals surface area contributed by atoms with Crippen molar-refractivity contribution in [3.63, 3.8) is 0 Å². The Balaban J connectivity index is 1.49. The van der Waals surface area contributed by atoms with Gasteiger partial charge in [-0.2, -0.15) is 4.98 Å². The van der Waals surface area contributed by atoms with Gasteiger partial charge in [0.2, 0.25) is 11.9 Å². The average Bonchev–Trinajstić information content (AvgIpc) is 2.91. The van der Waals surface area contributed by atoms with Crippen LogP contribution in [0.5, 0.6) is 11.5 Å². The van der Waals surface area contributed by atoms with Crippen molar-refractivity contribution in [2.24, 2.45) is 0 Å². The zero-order chi connectivity index (χ0) is 25.5. The lowest BCUT2D eigenvalue weighted by atomic mass is 10.1. The summed E-state index contributed by atoms with van der Waals surface area (Å²) < 4.78 is 10.7. The van der Waals surface area contributed by atoms with Crippen molar-refractivity contribution in [3.8, 4) is 22.8 Å². The summed E-state index contributed by atoms with van der Waals surface area (Å²) in [6, 6.07) is 9.27. The van der Waals surface area contributed by atoms with E-state index in [0.717, 1.165) is 25.2 Å². The van der Waals surface area contributed by atoms with Gasteiger partial charge < -0.3 is 25.4 Å². The number of piperazine rings is 1. The predicted molar refractivity (Wildman–Crippen MR) is 141 cm³/mol. The van der Waals surface area contributed by atoms with E-state index in [4.69, 9.17) is 20.2 Å². The summed E-state index contributed by atoms with van der Waals surface area (Å²) >= 11 is 0. The quantitative estimate of drug-likeness (QED) is 0.437. The molecule has 0 spiro atoms. The number of hydrogen-bond acceptors (Lipinski definition) is 9. The lowest BCUT2D eigenvalue weighted by Gasteiger charge is -2.34. The highest BCUT2D eigenvalue weighted by atomic mass is 16.5. The average molecular weight is 490 g/mol. The minimum Gasteiger partial charge on any atom is -0.493 e. The molecule has 0 bridgehead atoms. The number of rotatable bonds is 9. The molecule has 1 aromatic carbocycles. The highest BCUT2D eigenvalue weighted by Crippen LogP contribution is 2.32. The van der Waals surface area contributed by atoms with Crippen molar-refractivity contribution < 1.29 is 14.3 Å². The SMILES string of the molecule is C=C/C=C/CN1CCN(C(=O)CNc2nc(N)nc3ccc(-c4ccc(OC)c(OC)c4)nc23)CC1. The van der Waals surface area contributed by atoms with Crippen LogP contribution in [0.3, 0.4) is 0 Å². The number of aromatic nitrogens is 3. The molecular weight excluding hydrogens is 458 g/mol. The molecule has 1 aliphatic heterocycles. The molecule has 3 heterocycles. The van der Waals surface area contributed by atoms with Gasteiger partial charge in [0.15, 0.2) is 17.3 Å². The first-order chi connectivity index (χ1) is 17.5. The van der Waals surface area contributed by atoms with Crippen LogP contribution < -0.4 is 20.5 Å². The first-order valence-electron chi connectivity index (χ1n) is 11.7. The van der Waals surface area contributed by atoms with Crippen LogP contribution in [-0.4, -0.2) is 84.1 Å². The number of amides is 1. The van der Waals surface area contributed by atoms with Crippen LogP contribution in [0.15, 0.2) is 55.1 Å². The van der Waals surface area contributed by atoms with Gasteiger partial charge >= 0.3 is 0 Å². The third-order valence-electron chi connectivity index (χ3n) is 6.01. The number of carbonyl (C=O) groups excluding carboxylic acids is 1. The van der Waals surface area contributed by atoms with Crippen molar-refractivity contribution in [2.45, 2.75) is 0 Å². The maximum absolute atomic E-state index is 12.9. The minimum absolute atomic E-state index is 0.00216.